The Morgan fingerprint density at radius 2 is 1.66 bits per heavy atom. The van der Waals surface area contributed by atoms with Gasteiger partial charge < -0.3 is 14.9 Å². The maximum absolute atomic E-state index is 13.5. The van der Waals surface area contributed by atoms with E-state index in [0.29, 0.717) is 31.5 Å². The van der Waals surface area contributed by atoms with Crippen LogP contribution in [0.2, 0.25) is 0 Å². The van der Waals surface area contributed by atoms with Gasteiger partial charge in [-0.05, 0) is 60.2 Å². The zero-order valence-corrected chi connectivity index (χ0v) is 18.4. The number of nitrogens with zero attached hydrogens (tertiary/aromatic N) is 2. The smallest absolute Gasteiger partial charge is 0.416 e. The summed E-state index contributed by atoms with van der Waals surface area (Å²) in [5.74, 6) is -0.378. The highest BCUT2D eigenvalue weighted by Crippen LogP contribution is 2.36. The lowest BCUT2D eigenvalue weighted by Crippen LogP contribution is -2.56. The van der Waals surface area contributed by atoms with Crippen LogP contribution in [0.1, 0.15) is 44.7 Å². The van der Waals surface area contributed by atoms with Crippen molar-refractivity contribution in [2.24, 2.45) is 5.41 Å². The Morgan fingerprint density at radius 3 is 2.16 bits per heavy atom. The molecule has 1 heterocycles. The number of piperidine rings is 1. The molecule has 174 valence electrons. The average Bonchev–Trinajstić information content (AvgIpc) is 2.71. The zero-order valence-electron chi connectivity index (χ0n) is 18.4. The van der Waals surface area contributed by atoms with Crippen molar-refractivity contribution in [2.75, 3.05) is 11.4 Å². The minimum absolute atomic E-state index is 0.0532. The van der Waals surface area contributed by atoms with Crippen molar-refractivity contribution in [3.63, 3.8) is 0 Å². The predicted molar refractivity (Wildman–Crippen MR) is 115 cm³/mol. The van der Waals surface area contributed by atoms with E-state index in [1.54, 1.807) is 12.1 Å². The molecule has 4 nitrogen and oxygen atoms in total. The number of carboxylic acid groups (broad SMARTS) is 1. The fourth-order valence-electron chi connectivity index (χ4n) is 4.34. The molecule has 3 rings (SSSR count). The average molecular weight is 452 g/mol. The summed E-state index contributed by atoms with van der Waals surface area (Å²) in [4.78, 5) is 15.3. The molecule has 1 aliphatic rings. The molecule has 2 unspecified atom stereocenters. The van der Waals surface area contributed by atoms with Crippen molar-refractivity contribution >= 4 is 11.8 Å². The predicted octanol–water partition coefficient (Wildman–Crippen LogP) is 6.41. The summed E-state index contributed by atoms with van der Waals surface area (Å²) in [5, 5.41) is 9.65. The molecule has 0 aromatic heterocycles. The van der Waals surface area contributed by atoms with Gasteiger partial charge >= 0.3 is 12.3 Å². The molecule has 2 aromatic carbocycles. The van der Waals surface area contributed by atoms with Gasteiger partial charge in [-0.2, -0.15) is 13.2 Å². The van der Waals surface area contributed by atoms with Gasteiger partial charge in [0.25, 0.3) is 0 Å². The van der Waals surface area contributed by atoms with Crippen LogP contribution in [-0.2, 0) is 12.7 Å². The second-order valence-corrected chi connectivity index (χ2v) is 9.33. The van der Waals surface area contributed by atoms with Crippen LogP contribution in [0.15, 0.2) is 48.5 Å². The van der Waals surface area contributed by atoms with Gasteiger partial charge in [-0.1, -0.05) is 32.9 Å². The molecule has 2 aromatic rings. The number of halogens is 4. The molecule has 0 spiro atoms. The van der Waals surface area contributed by atoms with Gasteiger partial charge in [0, 0.05) is 30.9 Å². The molecule has 0 aliphatic carbocycles. The minimum atomic E-state index is -4.40. The summed E-state index contributed by atoms with van der Waals surface area (Å²) < 4.78 is 52.3. The third-order valence-corrected chi connectivity index (χ3v) is 6.05. The summed E-state index contributed by atoms with van der Waals surface area (Å²) in [6, 6.07) is 10.7. The van der Waals surface area contributed by atoms with Crippen LogP contribution in [0.5, 0.6) is 0 Å². The molecule has 1 N–H and O–H groups in total. The largest absolute Gasteiger partial charge is 0.465 e. The number of benzene rings is 2. The van der Waals surface area contributed by atoms with Crippen molar-refractivity contribution in [1.29, 1.82) is 0 Å². The van der Waals surface area contributed by atoms with Crippen LogP contribution in [0, 0.1) is 11.2 Å². The van der Waals surface area contributed by atoms with Gasteiger partial charge in [0.15, 0.2) is 0 Å². The Labute approximate surface area is 185 Å². The topological polar surface area (TPSA) is 43.8 Å². The lowest BCUT2D eigenvalue weighted by atomic mass is 9.78. The van der Waals surface area contributed by atoms with Gasteiger partial charge in [0.1, 0.15) is 5.82 Å². The summed E-state index contributed by atoms with van der Waals surface area (Å²) in [6.07, 6.45) is -4.23. The van der Waals surface area contributed by atoms with Crippen molar-refractivity contribution < 1.29 is 27.5 Å². The molecule has 8 heteroatoms. The summed E-state index contributed by atoms with van der Waals surface area (Å²) >= 11 is 0. The first-order chi connectivity index (χ1) is 14.9. The van der Waals surface area contributed by atoms with Crippen molar-refractivity contribution in [3.05, 3.63) is 65.5 Å². The van der Waals surface area contributed by atoms with Crippen LogP contribution in [0.25, 0.3) is 0 Å². The second-order valence-electron chi connectivity index (χ2n) is 9.33. The number of hydrogen-bond donors (Lipinski definition) is 1. The second kappa shape index (κ2) is 9.00. The monoisotopic (exact) mass is 452 g/mol. The quantitative estimate of drug-likeness (QED) is 0.546. The maximum Gasteiger partial charge on any atom is 0.416 e. The standard InChI is InChI=1S/C24H28F4N2O2/c1-23(2,3)21-14-20(12-13-29(21)22(31)32)30(19-10-8-18(25)9-11-19)15-16-4-6-17(7-5-16)24(26,27)28/h4-11,20-21H,12-15H2,1-3H3,(H,31,32). The molecule has 0 bridgehead atoms. The molecule has 32 heavy (non-hydrogen) atoms. The van der Waals surface area contributed by atoms with Crippen molar-refractivity contribution in [3.8, 4) is 0 Å². The van der Waals surface area contributed by atoms with E-state index in [2.05, 4.69) is 0 Å². The number of carbonyl (C=O) groups is 1. The first-order valence-electron chi connectivity index (χ1n) is 10.5. The van der Waals surface area contributed by atoms with Crippen LogP contribution in [-0.4, -0.2) is 34.7 Å². The third kappa shape index (κ3) is 5.53. The molecular formula is C24H28F4N2O2. The van der Waals surface area contributed by atoms with E-state index in [9.17, 15) is 27.5 Å². The van der Waals surface area contributed by atoms with Gasteiger partial charge in [-0.25, -0.2) is 9.18 Å². The lowest BCUT2D eigenvalue weighted by Gasteiger charge is -2.48. The summed E-state index contributed by atoms with van der Waals surface area (Å²) in [6.45, 7) is 6.67. The maximum atomic E-state index is 13.5. The van der Waals surface area contributed by atoms with E-state index in [4.69, 9.17) is 0 Å². The first-order valence-corrected chi connectivity index (χ1v) is 10.5. The molecule has 0 radical (unpaired) electrons. The van der Waals surface area contributed by atoms with Gasteiger partial charge in [-0.3, -0.25) is 0 Å². The highest BCUT2D eigenvalue weighted by molar-refractivity contribution is 5.66. The molecule has 1 amide bonds. The Balaban J connectivity index is 1.91. The number of likely N-dealkylation sites (tertiary alicyclic amines) is 1. The SMILES string of the molecule is CC(C)(C)C1CC(N(Cc2ccc(C(F)(F)F)cc2)c2ccc(F)cc2)CCN1C(=O)O. The first kappa shape index (κ1) is 23.9. The van der Waals surface area contributed by atoms with Gasteiger partial charge in [0.05, 0.1) is 5.56 Å². The number of rotatable bonds is 4. The zero-order chi connectivity index (χ0) is 23.7. The normalized spacial score (nSPS) is 19.7. The summed E-state index contributed by atoms with van der Waals surface area (Å²) in [7, 11) is 0. The highest BCUT2D eigenvalue weighted by atomic mass is 19.4. The lowest BCUT2D eigenvalue weighted by molar-refractivity contribution is -0.137. The fourth-order valence-corrected chi connectivity index (χ4v) is 4.34. The van der Waals surface area contributed by atoms with E-state index in [-0.39, 0.29) is 23.3 Å². The number of amides is 1. The Bertz CT molecular complexity index is 921. The van der Waals surface area contributed by atoms with Crippen molar-refractivity contribution in [1.82, 2.24) is 4.90 Å². The third-order valence-electron chi connectivity index (χ3n) is 6.05. The van der Waals surface area contributed by atoms with Crippen LogP contribution < -0.4 is 4.90 Å². The summed E-state index contributed by atoms with van der Waals surface area (Å²) in [5.41, 5.74) is 0.431. The van der Waals surface area contributed by atoms with E-state index in [0.717, 1.165) is 17.8 Å². The van der Waals surface area contributed by atoms with Crippen LogP contribution in [0.4, 0.5) is 28.0 Å². The van der Waals surface area contributed by atoms with E-state index >= 15 is 0 Å². The van der Waals surface area contributed by atoms with Crippen molar-refractivity contribution in [2.45, 2.75) is 58.4 Å². The number of hydrogen-bond acceptors (Lipinski definition) is 2. The Kier molecular flexibility index (Phi) is 6.72. The highest BCUT2D eigenvalue weighted by Gasteiger charge is 2.40. The van der Waals surface area contributed by atoms with Crippen LogP contribution >= 0.6 is 0 Å². The van der Waals surface area contributed by atoms with Gasteiger partial charge in [0.2, 0.25) is 0 Å². The van der Waals surface area contributed by atoms with E-state index in [1.807, 2.05) is 25.7 Å². The molecule has 1 fully saturated rings. The number of alkyl halides is 3. The fraction of sp³-hybridized carbons (Fsp3) is 0.458. The molecular weight excluding hydrogens is 424 g/mol. The van der Waals surface area contributed by atoms with E-state index < -0.39 is 17.8 Å². The minimum Gasteiger partial charge on any atom is -0.465 e. The van der Waals surface area contributed by atoms with E-state index in [1.165, 1.54) is 29.2 Å². The Hall–Kier alpha value is -2.77. The van der Waals surface area contributed by atoms with Gasteiger partial charge in [-0.15, -0.1) is 0 Å². The Morgan fingerprint density at radius 1 is 1.06 bits per heavy atom. The molecule has 2 atom stereocenters. The van der Waals surface area contributed by atoms with Crippen LogP contribution in [0.3, 0.4) is 0 Å². The number of anilines is 1. The molecule has 1 saturated heterocycles. The molecule has 1 aliphatic heterocycles. The molecule has 0 saturated carbocycles.